The lowest BCUT2D eigenvalue weighted by Crippen LogP contribution is -2.21. The molecule has 184 valence electrons. The molecule has 1 aliphatic carbocycles. The second-order valence-electron chi connectivity index (χ2n) is 8.61. The van der Waals surface area contributed by atoms with E-state index < -0.39 is 6.10 Å². The maximum Gasteiger partial charge on any atom is 0.274 e. The molecule has 0 fully saturated rings. The SMILES string of the molecule is CC1=CC(OCC(O)CO)=CC(C)C1c1cccc(COc2ccc(-c3cc(OF)ns3)cc2)c1. The van der Waals surface area contributed by atoms with Crippen molar-refractivity contribution in [2.75, 3.05) is 13.2 Å². The maximum atomic E-state index is 12.3. The molecule has 4 rings (SSSR count). The van der Waals surface area contributed by atoms with E-state index in [1.54, 1.807) is 6.07 Å². The van der Waals surface area contributed by atoms with Gasteiger partial charge in [-0.05, 0) is 77.5 Å². The third kappa shape index (κ3) is 6.28. The highest BCUT2D eigenvalue weighted by Crippen LogP contribution is 2.38. The van der Waals surface area contributed by atoms with E-state index in [4.69, 9.17) is 14.6 Å². The predicted octanol–water partition coefficient (Wildman–Crippen LogP) is 5.59. The molecule has 3 atom stereocenters. The van der Waals surface area contributed by atoms with Crippen molar-refractivity contribution in [3.63, 3.8) is 0 Å². The van der Waals surface area contributed by atoms with Crippen LogP contribution in [0.5, 0.6) is 11.6 Å². The van der Waals surface area contributed by atoms with Crippen LogP contribution in [0, 0.1) is 5.92 Å². The first-order valence-corrected chi connectivity index (χ1v) is 12.1. The van der Waals surface area contributed by atoms with Crippen LogP contribution in [-0.2, 0) is 11.3 Å². The van der Waals surface area contributed by atoms with E-state index in [1.807, 2.05) is 42.5 Å². The van der Waals surface area contributed by atoms with Crippen molar-refractivity contribution >= 4 is 11.5 Å². The zero-order chi connectivity index (χ0) is 24.8. The average molecular weight is 498 g/mol. The quantitative estimate of drug-likeness (QED) is 0.380. The molecule has 1 aliphatic rings. The molecule has 0 saturated carbocycles. The summed E-state index contributed by atoms with van der Waals surface area (Å²) >= 11 is 1.17. The zero-order valence-corrected chi connectivity index (χ0v) is 20.4. The molecule has 3 aromatic rings. The van der Waals surface area contributed by atoms with Crippen LogP contribution in [0.3, 0.4) is 0 Å². The second kappa shape index (κ2) is 11.5. The number of aromatic nitrogens is 1. The number of allylic oxidation sites excluding steroid dienone is 3. The number of rotatable bonds is 10. The van der Waals surface area contributed by atoms with Crippen LogP contribution in [0.25, 0.3) is 10.4 Å². The molecule has 1 aromatic heterocycles. The van der Waals surface area contributed by atoms with Gasteiger partial charge in [-0.1, -0.05) is 36.8 Å². The van der Waals surface area contributed by atoms with E-state index in [-0.39, 0.29) is 30.9 Å². The van der Waals surface area contributed by atoms with Crippen molar-refractivity contribution in [1.29, 1.82) is 0 Å². The van der Waals surface area contributed by atoms with Crippen molar-refractivity contribution in [2.24, 2.45) is 5.92 Å². The smallest absolute Gasteiger partial charge is 0.274 e. The normalized spacial score (nSPS) is 18.4. The Kier molecular flexibility index (Phi) is 8.17. The van der Waals surface area contributed by atoms with E-state index in [0.717, 1.165) is 21.8 Å². The number of hydrogen-bond donors (Lipinski definition) is 2. The largest absolute Gasteiger partial charge is 0.491 e. The highest BCUT2D eigenvalue weighted by atomic mass is 32.1. The van der Waals surface area contributed by atoms with Gasteiger partial charge in [-0.15, -0.1) is 0 Å². The summed E-state index contributed by atoms with van der Waals surface area (Å²) < 4.78 is 27.8. The lowest BCUT2D eigenvalue weighted by Gasteiger charge is -2.28. The first-order valence-electron chi connectivity index (χ1n) is 11.4. The van der Waals surface area contributed by atoms with Gasteiger partial charge in [-0.3, -0.25) is 4.94 Å². The summed E-state index contributed by atoms with van der Waals surface area (Å²) in [4.78, 5) is 4.48. The van der Waals surface area contributed by atoms with Gasteiger partial charge in [0.1, 0.15) is 30.8 Å². The van der Waals surface area contributed by atoms with Crippen molar-refractivity contribution in [1.82, 2.24) is 4.37 Å². The molecule has 0 aliphatic heterocycles. The fourth-order valence-electron chi connectivity index (χ4n) is 4.22. The van der Waals surface area contributed by atoms with Gasteiger partial charge < -0.3 is 19.7 Å². The molecule has 0 radical (unpaired) electrons. The average Bonchev–Trinajstić information content (AvgIpc) is 3.36. The van der Waals surface area contributed by atoms with E-state index in [1.165, 1.54) is 22.7 Å². The van der Waals surface area contributed by atoms with Gasteiger partial charge in [-0.25, -0.2) is 0 Å². The molecule has 0 spiro atoms. The molecular formula is C27H28FNO5S. The Bertz CT molecular complexity index is 1190. The molecule has 35 heavy (non-hydrogen) atoms. The molecule has 0 bridgehead atoms. The summed E-state index contributed by atoms with van der Waals surface area (Å²) in [5.74, 6) is 1.83. The Balaban J connectivity index is 1.38. The number of benzene rings is 2. The molecule has 2 N–H and O–H groups in total. The van der Waals surface area contributed by atoms with Crippen LogP contribution in [0.2, 0.25) is 0 Å². The first kappa shape index (κ1) is 24.9. The van der Waals surface area contributed by atoms with E-state index >= 15 is 0 Å². The second-order valence-corrected chi connectivity index (χ2v) is 9.41. The van der Waals surface area contributed by atoms with Gasteiger partial charge in [-0.2, -0.15) is 4.37 Å². The lowest BCUT2D eigenvalue weighted by atomic mass is 9.78. The van der Waals surface area contributed by atoms with Gasteiger partial charge in [0.15, 0.2) is 0 Å². The molecule has 2 aromatic carbocycles. The molecule has 3 unspecified atom stereocenters. The van der Waals surface area contributed by atoms with Crippen molar-refractivity contribution < 1.29 is 29.2 Å². The van der Waals surface area contributed by atoms with Gasteiger partial charge in [0.05, 0.1) is 11.5 Å². The van der Waals surface area contributed by atoms with Crippen LogP contribution < -0.4 is 9.68 Å². The van der Waals surface area contributed by atoms with E-state index in [2.05, 4.69) is 41.4 Å². The van der Waals surface area contributed by atoms with Crippen molar-refractivity contribution in [2.45, 2.75) is 32.5 Å². The fraction of sp³-hybridized carbons (Fsp3) is 0.296. The fourth-order valence-corrected chi connectivity index (χ4v) is 4.89. The molecule has 0 saturated heterocycles. The van der Waals surface area contributed by atoms with Crippen LogP contribution in [0.1, 0.15) is 30.9 Å². The minimum Gasteiger partial charge on any atom is -0.491 e. The Morgan fingerprint density at radius 2 is 1.91 bits per heavy atom. The number of halogens is 1. The van der Waals surface area contributed by atoms with E-state index in [0.29, 0.717) is 12.4 Å². The third-order valence-electron chi connectivity index (χ3n) is 5.89. The monoisotopic (exact) mass is 497 g/mol. The Morgan fingerprint density at radius 3 is 2.60 bits per heavy atom. The van der Waals surface area contributed by atoms with Gasteiger partial charge in [0.2, 0.25) is 0 Å². The number of nitrogens with zero attached hydrogens (tertiary/aromatic N) is 1. The van der Waals surface area contributed by atoms with Crippen LogP contribution >= 0.6 is 11.5 Å². The lowest BCUT2D eigenvalue weighted by molar-refractivity contribution is -0.0106. The summed E-state index contributed by atoms with van der Waals surface area (Å²) in [5.41, 5.74) is 4.35. The summed E-state index contributed by atoms with van der Waals surface area (Å²) in [7, 11) is 0. The van der Waals surface area contributed by atoms with Gasteiger partial charge in [0.25, 0.3) is 5.88 Å². The van der Waals surface area contributed by atoms with Crippen LogP contribution in [0.15, 0.2) is 78.1 Å². The third-order valence-corrected chi connectivity index (χ3v) is 6.71. The molecule has 8 heteroatoms. The summed E-state index contributed by atoms with van der Waals surface area (Å²) in [6, 6.07) is 17.5. The molecule has 6 nitrogen and oxygen atoms in total. The summed E-state index contributed by atoms with van der Waals surface area (Å²) in [6.45, 7) is 4.39. The molecular weight excluding hydrogens is 469 g/mol. The number of aliphatic hydroxyl groups is 2. The first-order chi connectivity index (χ1) is 17.0. The highest BCUT2D eigenvalue weighted by molar-refractivity contribution is 7.09. The summed E-state index contributed by atoms with van der Waals surface area (Å²) in [5, 5.41) is 18.5. The Morgan fingerprint density at radius 1 is 1.11 bits per heavy atom. The minimum atomic E-state index is -0.887. The van der Waals surface area contributed by atoms with Gasteiger partial charge in [0, 0.05) is 16.5 Å². The highest BCUT2D eigenvalue weighted by Gasteiger charge is 2.24. The van der Waals surface area contributed by atoms with Crippen LogP contribution in [-0.4, -0.2) is 33.9 Å². The number of hydrogen-bond acceptors (Lipinski definition) is 7. The van der Waals surface area contributed by atoms with Gasteiger partial charge >= 0.3 is 0 Å². The number of ether oxygens (including phenoxy) is 2. The molecule has 0 amide bonds. The van der Waals surface area contributed by atoms with Crippen molar-refractivity contribution in [3.8, 4) is 22.1 Å². The van der Waals surface area contributed by atoms with E-state index in [9.17, 15) is 9.63 Å². The Hall–Kier alpha value is -3.20. The standard InChI is InChI=1S/C27H28FNO5S/c1-17-10-24(33-16-22(31)14-30)11-18(2)27(17)21-5-3-4-19(12-21)15-32-23-8-6-20(7-9-23)25-13-26(34-28)29-35-25/h3-13,17,22,27,30-31H,14-16H2,1-2H3. The maximum absolute atomic E-state index is 12.3. The minimum absolute atomic E-state index is 0.0395. The topological polar surface area (TPSA) is 81.0 Å². The Labute approximate surface area is 208 Å². The van der Waals surface area contributed by atoms with Crippen LogP contribution in [0.4, 0.5) is 4.53 Å². The predicted molar refractivity (Wildman–Crippen MR) is 133 cm³/mol. The zero-order valence-electron chi connectivity index (χ0n) is 19.6. The number of aliphatic hydroxyl groups excluding tert-OH is 2. The summed E-state index contributed by atoms with van der Waals surface area (Å²) in [6.07, 6.45) is 3.16. The van der Waals surface area contributed by atoms with Crippen molar-refractivity contribution in [3.05, 3.63) is 89.2 Å². The molecule has 1 heterocycles.